The largest absolute Gasteiger partial charge is 0.309 e. The van der Waals surface area contributed by atoms with Crippen LogP contribution in [0.2, 0.25) is 0 Å². The number of benzene rings is 22. The first-order chi connectivity index (χ1) is 74.4. The Balaban J connectivity index is 0.000000106. The van der Waals surface area contributed by atoms with Gasteiger partial charge in [0.15, 0.2) is 11.6 Å². The molecule has 0 saturated carbocycles. The highest BCUT2D eigenvalue weighted by molar-refractivity contribution is 6.18. The first kappa shape index (κ1) is 86.3. The molecule has 0 bridgehead atoms. The Morgan fingerprint density at radius 3 is 0.793 bits per heavy atom. The number of rotatable bonds is 13. The summed E-state index contributed by atoms with van der Waals surface area (Å²) in [5, 5.41) is 17.7. The van der Waals surface area contributed by atoms with Gasteiger partial charge in [0.25, 0.3) is 0 Å². The molecule has 0 fully saturated rings. The minimum Gasteiger partial charge on any atom is -0.309 e. The van der Waals surface area contributed by atoms with Crippen LogP contribution < -0.4 is 0 Å². The standard InChI is InChI=1S/C50H32N4.2C44H28N4/c1-3-14-33(15-4-1)50-51-44-23-10-7-22-42(44)49(52-50)36-16-13-19-38(30-36)54-45-24-11-8-20-39(45)41-28-26-35(32-48(41)54)34-27-29-47-43(31-34)40-21-9-12-25-46(40)53(47)37-17-5-2-6-18-37;1-3-13-29(14-4-1)43-45-38-20-10-7-19-36(38)44(46-43)48-40-22-12-8-17-33(40)35-25-23-31(28-42(35)48)30-24-26-41-37(27-30)34-18-9-11-21-39(34)47(41)32-15-5-2-6-16-32;1-3-13-29(14-4-1)43-36-19-7-10-20-38(36)45-44(46-43)48-40-22-12-8-17-33(40)35-25-23-31(28-42(35)48)30-24-26-41-37(27-30)34-18-9-11-21-39(34)47(41)32-15-5-2-6-16-32/h1-32H;2*1-28H. The zero-order chi connectivity index (χ0) is 98.8. The smallest absolute Gasteiger partial charge is 0.235 e. The fourth-order valence-corrected chi connectivity index (χ4v) is 22.9. The van der Waals surface area contributed by atoms with Crippen molar-refractivity contribution in [3.8, 4) is 113 Å². The molecule has 0 saturated heterocycles. The van der Waals surface area contributed by atoms with Crippen molar-refractivity contribution in [1.29, 1.82) is 0 Å². The van der Waals surface area contributed by atoms with Gasteiger partial charge in [-0.15, -0.1) is 0 Å². The van der Waals surface area contributed by atoms with Crippen molar-refractivity contribution in [1.82, 2.24) is 57.3 Å². The van der Waals surface area contributed by atoms with E-state index in [-0.39, 0.29) is 0 Å². The third-order valence-electron chi connectivity index (χ3n) is 29.8. The molecule has 31 rings (SSSR count). The van der Waals surface area contributed by atoms with Gasteiger partial charge in [-0.1, -0.05) is 370 Å². The van der Waals surface area contributed by atoms with Crippen LogP contribution >= 0.6 is 0 Å². The molecule has 0 aliphatic rings. The third kappa shape index (κ3) is 14.6. The van der Waals surface area contributed by atoms with Gasteiger partial charge in [0.1, 0.15) is 5.82 Å². The minimum atomic E-state index is 0.664. The van der Waals surface area contributed by atoms with Gasteiger partial charge in [-0.2, -0.15) is 0 Å². The summed E-state index contributed by atoms with van der Waals surface area (Å²) in [4.78, 5) is 30.8. The zero-order valence-electron chi connectivity index (χ0n) is 81.2. The van der Waals surface area contributed by atoms with Crippen LogP contribution in [0.1, 0.15) is 0 Å². The van der Waals surface area contributed by atoms with E-state index in [0.29, 0.717) is 11.8 Å². The molecular weight excluding hydrogens is 1830 g/mol. The topological polar surface area (TPSA) is 107 Å². The number of aromatic nitrogens is 12. The highest BCUT2D eigenvalue weighted by Gasteiger charge is 2.26. The highest BCUT2D eigenvalue weighted by Crippen LogP contribution is 2.46. The molecular formula is C138H88N12. The van der Waals surface area contributed by atoms with E-state index in [2.05, 4.69) is 501 Å². The van der Waals surface area contributed by atoms with E-state index >= 15 is 0 Å². The molecule has 22 aromatic carbocycles. The SMILES string of the molecule is c1ccc(-c2nc(-c3cccc(-n4c5ccccc5c5ccc(-c6ccc7c(c6)c6ccccc6n7-c6ccccc6)cc54)c3)c3ccccc3n2)cc1.c1ccc(-c2nc(-n3c4ccccc4c4ccc(-c5ccc6c(c5)c5ccccc5n6-c5ccccc5)cc43)c3ccccc3n2)cc1.c1ccc(-c2nc(-n3c4ccccc4c4ccc(-c5ccc6c(c5)c5ccccc5n6-c5ccccc5)cc43)nc3ccccc23)cc1. The van der Waals surface area contributed by atoms with Crippen molar-refractivity contribution >= 4 is 164 Å². The molecule has 700 valence electrons. The van der Waals surface area contributed by atoms with E-state index in [4.69, 9.17) is 29.9 Å². The van der Waals surface area contributed by atoms with Gasteiger partial charge in [0.05, 0.1) is 94.1 Å². The summed E-state index contributed by atoms with van der Waals surface area (Å²) in [6, 6.07) is 189. The Hall–Kier alpha value is -20.3. The summed E-state index contributed by atoms with van der Waals surface area (Å²) in [5.74, 6) is 2.98. The lowest BCUT2D eigenvalue weighted by Crippen LogP contribution is -2.03. The van der Waals surface area contributed by atoms with E-state index in [9.17, 15) is 0 Å². The van der Waals surface area contributed by atoms with Gasteiger partial charge in [-0.25, -0.2) is 29.9 Å². The van der Waals surface area contributed by atoms with Gasteiger partial charge in [0.2, 0.25) is 5.95 Å². The zero-order valence-corrected chi connectivity index (χ0v) is 81.2. The summed E-state index contributed by atoms with van der Waals surface area (Å²) in [6.07, 6.45) is 0. The summed E-state index contributed by atoms with van der Waals surface area (Å²) in [6.45, 7) is 0. The quantitative estimate of drug-likeness (QED) is 0.114. The van der Waals surface area contributed by atoms with Gasteiger partial charge in [0, 0.05) is 126 Å². The van der Waals surface area contributed by atoms with Gasteiger partial charge < -0.3 is 18.3 Å². The molecule has 0 atom stereocenters. The van der Waals surface area contributed by atoms with Crippen molar-refractivity contribution < 1.29 is 0 Å². The number of fused-ring (bicyclic) bond motifs is 21. The highest BCUT2D eigenvalue weighted by atomic mass is 15.2. The summed E-state index contributed by atoms with van der Waals surface area (Å²) < 4.78 is 14.0. The van der Waals surface area contributed by atoms with Crippen molar-refractivity contribution in [3.63, 3.8) is 0 Å². The van der Waals surface area contributed by atoms with Crippen molar-refractivity contribution in [2.45, 2.75) is 0 Å². The van der Waals surface area contributed by atoms with E-state index < -0.39 is 0 Å². The lowest BCUT2D eigenvalue weighted by atomic mass is 10.0. The second-order valence-electron chi connectivity index (χ2n) is 38.4. The van der Waals surface area contributed by atoms with Gasteiger partial charge in [-0.05, 0) is 197 Å². The maximum absolute atomic E-state index is 5.27. The van der Waals surface area contributed by atoms with Gasteiger partial charge >= 0.3 is 0 Å². The second-order valence-corrected chi connectivity index (χ2v) is 38.4. The van der Waals surface area contributed by atoms with Crippen LogP contribution in [-0.4, -0.2) is 57.3 Å². The molecule has 0 aliphatic carbocycles. The van der Waals surface area contributed by atoms with Crippen LogP contribution in [0.5, 0.6) is 0 Å². The first-order valence-electron chi connectivity index (χ1n) is 50.9. The van der Waals surface area contributed by atoms with Crippen LogP contribution in [0.25, 0.3) is 277 Å². The molecule has 0 radical (unpaired) electrons. The molecule has 0 amide bonds. The number of nitrogens with zero attached hydrogens (tertiary/aromatic N) is 12. The molecule has 9 aromatic heterocycles. The maximum Gasteiger partial charge on any atom is 0.235 e. The Bertz CT molecular complexity index is 10800. The number of hydrogen-bond acceptors (Lipinski definition) is 6. The molecule has 12 nitrogen and oxygen atoms in total. The molecule has 0 unspecified atom stereocenters. The van der Waals surface area contributed by atoms with Gasteiger partial charge in [-0.3, -0.25) is 9.13 Å². The second kappa shape index (κ2) is 35.9. The summed E-state index contributed by atoms with van der Waals surface area (Å²) in [5.41, 5.74) is 34.2. The minimum absolute atomic E-state index is 0.664. The Morgan fingerprint density at radius 1 is 0.120 bits per heavy atom. The molecule has 0 aliphatic heterocycles. The third-order valence-corrected chi connectivity index (χ3v) is 29.8. The molecule has 0 spiro atoms. The van der Waals surface area contributed by atoms with Crippen LogP contribution in [0.4, 0.5) is 0 Å². The Morgan fingerprint density at radius 2 is 0.380 bits per heavy atom. The number of hydrogen-bond donors (Lipinski definition) is 0. The average molecular weight is 1910 g/mol. The van der Waals surface area contributed by atoms with Crippen LogP contribution in [0, 0.1) is 0 Å². The average Bonchev–Trinajstić information content (AvgIpc) is 1.58. The Labute approximate surface area is 861 Å². The lowest BCUT2D eigenvalue weighted by Gasteiger charge is -2.13. The first-order valence-corrected chi connectivity index (χ1v) is 50.9. The summed E-state index contributed by atoms with van der Waals surface area (Å²) in [7, 11) is 0. The summed E-state index contributed by atoms with van der Waals surface area (Å²) >= 11 is 0. The van der Waals surface area contributed by atoms with Crippen LogP contribution in [0.15, 0.2) is 534 Å². The molecule has 0 N–H and O–H groups in total. The van der Waals surface area contributed by atoms with E-state index in [1.807, 2.05) is 60.7 Å². The van der Waals surface area contributed by atoms with E-state index in [1.54, 1.807) is 0 Å². The van der Waals surface area contributed by atoms with E-state index in [1.165, 1.54) is 126 Å². The predicted molar refractivity (Wildman–Crippen MR) is 623 cm³/mol. The monoisotopic (exact) mass is 1910 g/mol. The van der Waals surface area contributed by atoms with Crippen LogP contribution in [-0.2, 0) is 0 Å². The normalized spacial score (nSPS) is 11.7. The molecule has 12 heteroatoms. The van der Waals surface area contributed by atoms with Crippen molar-refractivity contribution in [3.05, 3.63) is 534 Å². The van der Waals surface area contributed by atoms with Crippen molar-refractivity contribution in [2.24, 2.45) is 0 Å². The van der Waals surface area contributed by atoms with Crippen molar-refractivity contribution in [2.75, 3.05) is 0 Å². The fraction of sp³-hybridized carbons (Fsp3) is 0. The van der Waals surface area contributed by atoms with Crippen LogP contribution in [0.3, 0.4) is 0 Å². The molecule has 9 heterocycles. The lowest BCUT2D eigenvalue weighted by molar-refractivity contribution is 1.01. The Kier molecular flexibility index (Phi) is 20.7. The maximum atomic E-state index is 5.27. The molecule has 150 heavy (non-hydrogen) atoms. The van der Waals surface area contributed by atoms with E-state index in [0.717, 1.165) is 139 Å². The fourth-order valence-electron chi connectivity index (χ4n) is 22.9. The predicted octanol–water partition coefficient (Wildman–Crippen LogP) is 35.1. The molecule has 31 aromatic rings. The number of para-hydroxylation sites is 12.